The maximum Gasteiger partial charge on any atom is 0.153 e. The smallest absolute Gasteiger partial charge is 0.153 e. The molecule has 23 heavy (non-hydrogen) atoms. The van der Waals surface area contributed by atoms with Gasteiger partial charge in [-0.15, -0.1) is 0 Å². The minimum Gasteiger partial charge on any atom is -0.508 e. The molecule has 1 aromatic carbocycles. The number of nitrogens with zero attached hydrogens (tertiary/aromatic N) is 5. The molecule has 0 saturated carbocycles. The Morgan fingerprint density at radius 2 is 1.78 bits per heavy atom. The van der Waals surface area contributed by atoms with Crippen LogP contribution in [0.4, 0.5) is 0 Å². The molecule has 3 aromatic heterocycles. The predicted octanol–water partition coefficient (Wildman–Crippen LogP) is 2.48. The van der Waals surface area contributed by atoms with Crippen LogP contribution >= 0.6 is 0 Å². The average molecular weight is 303 g/mol. The van der Waals surface area contributed by atoms with E-state index in [2.05, 4.69) is 20.3 Å². The highest BCUT2D eigenvalue weighted by Crippen LogP contribution is 2.18. The lowest BCUT2D eigenvalue weighted by atomic mass is 10.1. The summed E-state index contributed by atoms with van der Waals surface area (Å²) in [4.78, 5) is 4.39. The minimum atomic E-state index is 0.262. The van der Waals surface area contributed by atoms with Crippen LogP contribution in [-0.2, 0) is 6.42 Å². The van der Waals surface area contributed by atoms with Crippen LogP contribution in [0.3, 0.4) is 0 Å². The summed E-state index contributed by atoms with van der Waals surface area (Å²) in [6, 6.07) is 12.9. The third kappa shape index (κ3) is 2.62. The van der Waals surface area contributed by atoms with Gasteiger partial charge in [0, 0.05) is 12.0 Å². The normalized spacial score (nSPS) is 11.0. The average Bonchev–Trinajstić information content (AvgIpc) is 3.00. The van der Waals surface area contributed by atoms with E-state index in [-0.39, 0.29) is 5.75 Å². The summed E-state index contributed by atoms with van der Waals surface area (Å²) in [5, 5.41) is 21.7. The van der Waals surface area contributed by atoms with Gasteiger partial charge in [-0.3, -0.25) is 0 Å². The highest BCUT2D eigenvalue weighted by molar-refractivity contribution is 5.58. The zero-order chi connectivity index (χ0) is 15.6. The summed E-state index contributed by atoms with van der Waals surface area (Å²) in [5.41, 5.74) is 4.59. The zero-order valence-electron chi connectivity index (χ0n) is 12.2. The second-order valence-electron chi connectivity index (χ2n) is 5.21. The largest absolute Gasteiger partial charge is 0.508 e. The van der Waals surface area contributed by atoms with Crippen LogP contribution in [0.2, 0.25) is 0 Å². The fourth-order valence-electron chi connectivity index (χ4n) is 2.46. The first-order valence-electron chi connectivity index (χ1n) is 7.18. The van der Waals surface area contributed by atoms with E-state index in [1.165, 1.54) is 0 Å². The molecule has 0 spiro atoms. The molecule has 0 aliphatic rings. The van der Waals surface area contributed by atoms with Gasteiger partial charge in [-0.25, -0.2) is 9.50 Å². The van der Waals surface area contributed by atoms with Gasteiger partial charge in [-0.05, 0) is 35.9 Å². The molecule has 0 bridgehead atoms. The molecule has 0 aliphatic heterocycles. The summed E-state index contributed by atoms with van der Waals surface area (Å²) in [5.74, 6) is 0.262. The fraction of sp³-hybridized carbons (Fsp3) is 0.0588. The molecule has 0 radical (unpaired) electrons. The Kier molecular flexibility index (Phi) is 3.20. The SMILES string of the molecule is Oc1ccc(Cc2cnc3ccc(-c4ccnnc4)nn23)cc1. The molecule has 3 heterocycles. The maximum atomic E-state index is 9.38. The molecular weight excluding hydrogens is 290 g/mol. The number of phenols is 1. The van der Waals surface area contributed by atoms with Gasteiger partial charge >= 0.3 is 0 Å². The Hall–Kier alpha value is -3.28. The monoisotopic (exact) mass is 303 g/mol. The highest BCUT2D eigenvalue weighted by Gasteiger charge is 2.08. The van der Waals surface area contributed by atoms with Crippen molar-refractivity contribution in [3.8, 4) is 17.0 Å². The second-order valence-corrected chi connectivity index (χ2v) is 5.21. The standard InChI is InChI=1S/C17H13N5O/c23-15-3-1-12(2-4-15)9-14-11-18-17-6-5-16(21-22(14)17)13-7-8-19-20-10-13/h1-8,10-11,23H,9H2. The van der Waals surface area contributed by atoms with Crippen LogP contribution in [0, 0.1) is 0 Å². The summed E-state index contributed by atoms with van der Waals surface area (Å²) >= 11 is 0. The number of rotatable bonds is 3. The molecule has 1 N–H and O–H groups in total. The number of benzene rings is 1. The predicted molar refractivity (Wildman–Crippen MR) is 84.9 cm³/mol. The van der Waals surface area contributed by atoms with Crippen molar-refractivity contribution >= 4 is 5.65 Å². The summed E-state index contributed by atoms with van der Waals surface area (Å²) in [6.07, 6.45) is 5.84. The fourth-order valence-corrected chi connectivity index (χ4v) is 2.46. The molecule has 6 heteroatoms. The number of aromatic nitrogens is 5. The van der Waals surface area contributed by atoms with E-state index in [1.807, 2.05) is 41.0 Å². The first kappa shape index (κ1) is 13.4. The number of phenolic OH excluding ortho intramolecular Hbond substituents is 1. The van der Waals surface area contributed by atoms with Crippen LogP contribution in [-0.4, -0.2) is 29.9 Å². The third-order valence-corrected chi connectivity index (χ3v) is 3.63. The van der Waals surface area contributed by atoms with E-state index in [4.69, 9.17) is 0 Å². The van der Waals surface area contributed by atoms with Crippen molar-refractivity contribution in [3.63, 3.8) is 0 Å². The molecule has 0 amide bonds. The van der Waals surface area contributed by atoms with E-state index in [9.17, 15) is 5.11 Å². The van der Waals surface area contributed by atoms with Crippen molar-refractivity contribution < 1.29 is 5.11 Å². The Balaban J connectivity index is 1.74. The molecule has 4 rings (SSSR count). The Morgan fingerprint density at radius 1 is 0.913 bits per heavy atom. The number of aromatic hydroxyl groups is 1. The van der Waals surface area contributed by atoms with Gasteiger partial charge in [0.15, 0.2) is 5.65 Å². The molecule has 0 aliphatic carbocycles. The van der Waals surface area contributed by atoms with Gasteiger partial charge < -0.3 is 5.11 Å². The number of hydrogen-bond acceptors (Lipinski definition) is 5. The van der Waals surface area contributed by atoms with Crippen molar-refractivity contribution in [1.29, 1.82) is 0 Å². The number of imidazole rings is 1. The lowest BCUT2D eigenvalue weighted by Crippen LogP contribution is -2.00. The van der Waals surface area contributed by atoms with Crippen molar-refractivity contribution in [1.82, 2.24) is 24.8 Å². The lowest BCUT2D eigenvalue weighted by molar-refractivity contribution is 0.475. The van der Waals surface area contributed by atoms with Gasteiger partial charge in [0.1, 0.15) is 5.75 Å². The molecule has 6 nitrogen and oxygen atoms in total. The first-order valence-corrected chi connectivity index (χ1v) is 7.18. The van der Waals surface area contributed by atoms with E-state index in [0.717, 1.165) is 28.2 Å². The number of fused-ring (bicyclic) bond motifs is 1. The Labute approximate surface area is 132 Å². The van der Waals surface area contributed by atoms with Gasteiger partial charge in [0.2, 0.25) is 0 Å². The Morgan fingerprint density at radius 3 is 2.57 bits per heavy atom. The van der Waals surface area contributed by atoms with E-state index < -0.39 is 0 Å². The summed E-state index contributed by atoms with van der Waals surface area (Å²) in [6.45, 7) is 0. The van der Waals surface area contributed by atoms with E-state index in [1.54, 1.807) is 24.5 Å². The van der Waals surface area contributed by atoms with Crippen LogP contribution in [0.25, 0.3) is 16.9 Å². The van der Waals surface area contributed by atoms with Gasteiger partial charge in [-0.2, -0.15) is 15.3 Å². The van der Waals surface area contributed by atoms with Crippen molar-refractivity contribution in [2.75, 3.05) is 0 Å². The Bertz CT molecular complexity index is 948. The number of hydrogen-bond donors (Lipinski definition) is 1. The van der Waals surface area contributed by atoms with E-state index >= 15 is 0 Å². The van der Waals surface area contributed by atoms with Gasteiger partial charge in [0.05, 0.1) is 30.0 Å². The maximum absolute atomic E-state index is 9.38. The minimum absolute atomic E-state index is 0.262. The van der Waals surface area contributed by atoms with Gasteiger partial charge in [-0.1, -0.05) is 12.1 Å². The topological polar surface area (TPSA) is 76.2 Å². The molecule has 4 aromatic rings. The van der Waals surface area contributed by atoms with Crippen LogP contribution < -0.4 is 0 Å². The van der Waals surface area contributed by atoms with Crippen molar-refractivity contribution in [2.24, 2.45) is 0 Å². The quantitative estimate of drug-likeness (QED) is 0.629. The van der Waals surface area contributed by atoms with Crippen molar-refractivity contribution in [2.45, 2.75) is 6.42 Å². The molecule has 0 fully saturated rings. The summed E-state index contributed by atoms with van der Waals surface area (Å²) in [7, 11) is 0. The molecule has 0 unspecified atom stereocenters. The summed E-state index contributed by atoms with van der Waals surface area (Å²) < 4.78 is 1.84. The van der Waals surface area contributed by atoms with Crippen molar-refractivity contribution in [3.05, 3.63) is 72.3 Å². The van der Waals surface area contributed by atoms with Crippen LogP contribution in [0.15, 0.2) is 61.1 Å². The van der Waals surface area contributed by atoms with E-state index in [0.29, 0.717) is 6.42 Å². The molecular formula is C17H13N5O. The van der Waals surface area contributed by atoms with Crippen LogP contribution in [0.5, 0.6) is 5.75 Å². The third-order valence-electron chi connectivity index (χ3n) is 3.63. The van der Waals surface area contributed by atoms with Crippen LogP contribution in [0.1, 0.15) is 11.3 Å². The first-order chi connectivity index (χ1) is 11.3. The molecule has 0 saturated heterocycles. The highest BCUT2D eigenvalue weighted by atomic mass is 16.3. The second kappa shape index (κ2) is 5.49. The lowest BCUT2D eigenvalue weighted by Gasteiger charge is -2.04. The molecule has 112 valence electrons. The zero-order valence-corrected chi connectivity index (χ0v) is 12.2. The van der Waals surface area contributed by atoms with Gasteiger partial charge in [0.25, 0.3) is 0 Å². The molecule has 0 atom stereocenters.